The molecule has 0 aliphatic carbocycles. The van der Waals surface area contributed by atoms with Gasteiger partial charge >= 0.3 is 0 Å². The largest absolute Gasteiger partial charge is 0.288 e. The highest BCUT2D eigenvalue weighted by Gasteiger charge is 2.21. The average Bonchev–Trinajstić information content (AvgIpc) is 1.88. The number of nitrogens with zero attached hydrogens (tertiary/aromatic N) is 1. The molecule has 0 aliphatic rings. The molecule has 0 saturated heterocycles. The van der Waals surface area contributed by atoms with Crippen molar-refractivity contribution in [3.05, 3.63) is 0 Å². The van der Waals surface area contributed by atoms with Gasteiger partial charge in [0.2, 0.25) is 0 Å². The Kier molecular flexibility index (Phi) is 3.62. The Morgan fingerprint density at radius 1 is 1.45 bits per heavy atom. The van der Waals surface area contributed by atoms with Gasteiger partial charge in [0.15, 0.2) is 0 Å². The summed E-state index contributed by atoms with van der Waals surface area (Å²) >= 11 is 0. The molecular weight excluding hydrogens is 134 g/mol. The zero-order chi connectivity index (χ0) is 9.07. The van der Waals surface area contributed by atoms with Gasteiger partial charge in [-0.05, 0) is 34.2 Å². The Morgan fingerprint density at radius 3 is 2.00 bits per heavy atom. The van der Waals surface area contributed by atoms with E-state index in [9.17, 15) is 0 Å². The summed E-state index contributed by atoms with van der Waals surface area (Å²) in [5.74, 6) is 2.78. The number of rotatable bonds is 2. The van der Waals surface area contributed by atoms with Gasteiger partial charge in [0.05, 0.1) is 6.04 Å². The van der Waals surface area contributed by atoms with Crippen LogP contribution in [-0.2, 0) is 0 Å². The second-order valence-electron chi connectivity index (χ2n) is 3.87. The third-order valence-corrected chi connectivity index (χ3v) is 2.10. The summed E-state index contributed by atoms with van der Waals surface area (Å²) in [7, 11) is 2.08. The van der Waals surface area contributed by atoms with E-state index in [4.69, 9.17) is 6.42 Å². The van der Waals surface area contributed by atoms with E-state index in [-0.39, 0.29) is 11.6 Å². The van der Waals surface area contributed by atoms with E-state index in [0.29, 0.717) is 0 Å². The fraction of sp³-hybridized carbons (Fsp3) is 0.800. The van der Waals surface area contributed by atoms with Crippen LogP contribution >= 0.6 is 0 Å². The normalized spacial score (nSPS) is 14.6. The van der Waals surface area contributed by atoms with Crippen molar-refractivity contribution in [2.24, 2.45) is 0 Å². The van der Waals surface area contributed by atoms with Crippen molar-refractivity contribution in [2.45, 2.75) is 45.7 Å². The minimum Gasteiger partial charge on any atom is -0.288 e. The standard InChI is InChI=1S/C10H19N/c1-7-9(8-2)11(6)10(3,4)5/h1,9H,8H2,2-6H3. The van der Waals surface area contributed by atoms with Crippen LogP contribution in [0.3, 0.4) is 0 Å². The molecule has 1 atom stereocenters. The lowest BCUT2D eigenvalue weighted by molar-refractivity contribution is 0.143. The first kappa shape index (κ1) is 10.5. The van der Waals surface area contributed by atoms with Gasteiger partial charge in [-0.1, -0.05) is 12.8 Å². The highest BCUT2D eigenvalue weighted by atomic mass is 15.2. The first-order valence-electron chi connectivity index (χ1n) is 4.12. The topological polar surface area (TPSA) is 3.24 Å². The van der Waals surface area contributed by atoms with Crippen molar-refractivity contribution in [3.8, 4) is 12.3 Å². The second kappa shape index (κ2) is 3.78. The number of hydrogen-bond acceptors (Lipinski definition) is 1. The van der Waals surface area contributed by atoms with Crippen molar-refractivity contribution < 1.29 is 0 Å². The first-order chi connectivity index (χ1) is 4.93. The Hall–Kier alpha value is -0.480. The van der Waals surface area contributed by atoms with Crippen LogP contribution in [0.5, 0.6) is 0 Å². The van der Waals surface area contributed by atoms with Crippen LogP contribution in [0.4, 0.5) is 0 Å². The van der Waals surface area contributed by atoms with Crippen LogP contribution in [0.25, 0.3) is 0 Å². The maximum Gasteiger partial charge on any atom is 0.0711 e. The van der Waals surface area contributed by atoms with Crippen LogP contribution in [0.15, 0.2) is 0 Å². The molecule has 0 N–H and O–H groups in total. The van der Waals surface area contributed by atoms with E-state index < -0.39 is 0 Å². The molecule has 64 valence electrons. The molecule has 0 amide bonds. The lowest BCUT2D eigenvalue weighted by Crippen LogP contribution is -2.44. The van der Waals surface area contributed by atoms with Gasteiger partial charge in [-0.15, -0.1) is 6.42 Å². The summed E-state index contributed by atoms with van der Waals surface area (Å²) in [6.07, 6.45) is 6.41. The summed E-state index contributed by atoms with van der Waals surface area (Å²) in [6, 6.07) is 0.273. The average molecular weight is 153 g/mol. The van der Waals surface area contributed by atoms with E-state index in [0.717, 1.165) is 6.42 Å². The minimum absolute atomic E-state index is 0.174. The Balaban J connectivity index is 4.24. The molecule has 0 aliphatic heterocycles. The monoisotopic (exact) mass is 153 g/mol. The van der Waals surface area contributed by atoms with Gasteiger partial charge in [-0.25, -0.2) is 0 Å². The lowest BCUT2D eigenvalue weighted by Gasteiger charge is -2.35. The predicted octanol–water partition coefficient (Wildman–Crippen LogP) is 2.13. The molecule has 1 heteroatoms. The van der Waals surface area contributed by atoms with E-state index in [1.807, 2.05) is 0 Å². The molecule has 0 fully saturated rings. The summed E-state index contributed by atoms with van der Waals surface area (Å²) in [4.78, 5) is 2.23. The number of hydrogen-bond donors (Lipinski definition) is 0. The SMILES string of the molecule is C#CC(CC)N(C)C(C)(C)C. The molecule has 1 nitrogen and oxygen atoms in total. The Labute approximate surface area is 70.8 Å². The van der Waals surface area contributed by atoms with Crippen molar-refractivity contribution in [3.63, 3.8) is 0 Å². The molecule has 0 bridgehead atoms. The highest BCUT2D eigenvalue weighted by Crippen LogP contribution is 2.15. The smallest absolute Gasteiger partial charge is 0.0711 e. The minimum atomic E-state index is 0.174. The van der Waals surface area contributed by atoms with Gasteiger partial charge < -0.3 is 0 Å². The second-order valence-corrected chi connectivity index (χ2v) is 3.87. The molecular formula is C10H19N. The summed E-state index contributed by atoms with van der Waals surface area (Å²) < 4.78 is 0. The zero-order valence-electron chi connectivity index (χ0n) is 8.31. The zero-order valence-corrected chi connectivity index (χ0v) is 8.31. The van der Waals surface area contributed by atoms with Crippen molar-refractivity contribution >= 4 is 0 Å². The van der Waals surface area contributed by atoms with Crippen LogP contribution in [0.1, 0.15) is 34.1 Å². The molecule has 0 radical (unpaired) electrons. The van der Waals surface area contributed by atoms with Gasteiger partial charge in [-0.2, -0.15) is 0 Å². The Bertz CT molecular complexity index is 147. The maximum absolute atomic E-state index is 5.39. The van der Waals surface area contributed by atoms with Crippen LogP contribution in [0, 0.1) is 12.3 Å². The van der Waals surface area contributed by atoms with Gasteiger partial charge in [0.25, 0.3) is 0 Å². The maximum atomic E-state index is 5.39. The molecule has 0 aromatic carbocycles. The molecule has 11 heavy (non-hydrogen) atoms. The third-order valence-electron chi connectivity index (χ3n) is 2.10. The van der Waals surface area contributed by atoms with Crippen LogP contribution in [-0.4, -0.2) is 23.5 Å². The van der Waals surface area contributed by atoms with E-state index >= 15 is 0 Å². The molecule has 1 unspecified atom stereocenters. The van der Waals surface area contributed by atoms with Crippen LogP contribution in [0.2, 0.25) is 0 Å². The van der Waals surface area contributed by atoms with E-state index in [2.05, 4.69) is 45.6 Å². The van der Waals surface area contributed by atoms with Crippen molar-refractivity contribution in [2.75, 3.05) is 7.05 Å². The summed E-state index contributed by atoms with van der Waals surface area (Å²) in [5.41, 5.74) is 0.174. The lowest BCUT2D eigenvalue weighted by atomic mass is 10.0. The molecule has 0 spiro atoms. The first-order valence-corrected chi connectivity index (χ1v) is 4.12. The van der Waals surface area contributed by atoms with Gasteiger partial charge in [0, 0.05) is 5.54 Å². The fourth-order valence-corrected chi connectivity index (χ4v) is 0.971. The summed E-state index contributed by atoms with van der Waals surface area (Å²) in [5, 5.41) is 0. The third kappa shape index (κ3) is 2.95. The van der Waals surface area contributed by atoms with Crippen molar-refractivity contribution in [1.82, 2.24) is 4.90 Å². The fourth-order valence-electron chi connectivity index (χ4n) is 0.971. The van der Waals surface area contributed by atoms with Gasteiger partial charge in [0.1, 0.15) is 0 Å². The van der Waals surface area contributed by atoms with Crippen molar-refractivity contribution in [1.29, 1.82) is 0 Å². The molecule has 0 heterocycles. The van der Waals surface area contributed by atoms with Gasteiger partial charge in [-0.3, -0.25) is 4.90 Å². The predicted molar refractivity (Wildman–Crippen MR) is 50.4 cm³/mol. The quantitative estimate of drug-likeness (QED) is 0.549. The van der Waals surface area contributed by atoms with E-state index in [1.54, 1.807) is 0 Å². The molecule has 0 rings (SSSR count). The molecule has 0 saturated carbocycles. The summed E-state index contributed by atoms with van der Waals surface area (Å²) in [6.45, 7) is 8.64. The molecule has 0 aromatic heterocycles. The number of terminal acetylenes is 1. The Morgan fingerprint density at radius 2 is 1.91 bits per heavy atom. The van der Waals surface area contributed by atoms with Crippen LogP contribution < -0.4 is 0 Å². The van der Waals surface area contributed by atoms with E-state index in [1.165, 1.54) is 0 Å². The highest BCUT2D eigenvalue weighted by molar-refractivity contribution is 5.00. The molecule has 0 aromatic rings.